The van der Waals surface area contributed by atoms with Crippen LogP contribution in [-0.4, -0.2) is 25.7 Å². The molecule has 0 heterocycles. The van der Waals surface area contributed by atoms with Crippen molar-refractivity contribution in [2.75, 3.05) is 13.2 Å². The predicted molar refractivity (Wildman–Crippen MR) is 90.2 cm³/mol. The summed E-state index contributed by atoms with van der Waals surface area (Å²) < 4.78 is 8.83. The standard InChI is InChI=1S/C12H16.C7H12O4/c1-3-7-11(8-4-1)12-9-5-2-6-10-12;1-2-3-4-11-7(9)5-10-6-8/h1,3-4,7-8,12H,2,5-6,9-10H2;6H,2-5H2,1H3. The van der Waals surface area contributed by atoms with Crippen LogP contribution in [0.5, 0.6) is 0 Å². The summed E-state index contributed by atoms with van der Waals surface area (Å²) in [6.07, 6.45) is 8.94. The Labute approximate surface area is 139 Å². The lowest BCUT2D eigenvalue weighted by Gasteiger charge is -2.21. The monoisotopic (exact) mass is 320 g/mol. The molecule has 23 heavy (non-hydrogen) atoms. The zero-order valence-corrected chi connectivity index (χ0v) is 14.0. The van der Waals surface area contributed by atoms with E-state index in [9.17, 15) is 9.59 Å². The number of hydrogen-bond acceptors (Lipinski definition) is 4. The Bertz CT molecular complexity index is 424. The largest absolute Gasteiger partial charge is 0.463 e. The number of esters is 1. The lowest BCUT2D eigenvalue weighted by atomic mass is 9.84. The Kier molecular flexibility index (Phi) is 10.6. The molecule has 4 nitrogen and oxygen atoms in total. The van der Waals surface area contributed by atoms with Crippen LogP contribution in [0.1, 0.15) is 63.4 Å². The van der Waals surface area contributed by atoms with Crippen molar-refractivity contribution < 1.29 is 19.1 Å². The summed E-state index contributed by atoms with van der Waals surface area (Å²) in [4.78, 5) is 20.2. The van der Waals surface area contributed by atoms with E-state index in [1.54, 1.807) is 5.56 Å². The lowest BCUT2D eigenvalue weighted by Crippen LogP contribution is -2.12. The van der Waals surface area contributed by atoms with Gasteiger partial charge in [0.2, 0.25) is 0 Å². The molecule has 1 fully saturated rings. The molecule has 0 amide bonds. The molecule has 4 heteroatoms. The average Bonchev–Trinajstić information content (AvgIpc) is 2.62. The third-order valence-electron chi connectivity index (χ3n) is 3.91. The number of unbranched alkanes of at least 4 members (excludes halogenated alkanes) is 1. The molecule has 1 aromatic carbocycles. The molecule has 0 N–H and O–H groups in total. The number of rotatable bonds is 7. The second kappa shape index (κ2) is 12.7. The SMILES string of the molecule is CCCCOC(=O)COC=O.c1ccc(C2CCCCC2)cc1. The minimum absolute atomic E-state index is 0.223. The van der Waals surface area contributed by atoms with Gasteiger partial charge >= 0.3 is 5.97 Å². The van der Waals surface area contributed by atoms with E-state index in [1.807, 2.05) is 6.92 Å². The van der Waals surface area contributed by atoms with Gasteiger partial charge in [0.1, 0.15) is 0 Å². The van der Waals surface area contributed by atoms with Crippen LogP contribution in [0, 0.1) is 0 Å². The van der Waals surface area contributed by atoms with Crippen molar-refractivity contribution in [3.63, 3.8) is 0 Å². The highest BCUT2D eigenvalue weighted by Gasteiger charge is 2.14. The maximum Gasteiger partial charge on any atom is 0.344 e. The first-order chi connectivity index (χ1) is 11.3. The van der Waals surface area contributed by atoms with Gasteiger partial charge in [-0.2, -0.15) is 0 Å². The number of benzene rings is 1. The molecule has 1 aliphatic carbocycles. The number of hydrogen-bond donors (Lipinski definition) is 0. The highest BCUT2D eigenvalue weighted by Crippen LogP contribution is 2.32. The Morgan fingerprint density at radius 3 is 2.48 bits per heavy atom. The van der Waals surface area contributed by atoms with Gasteiger partial charge in [-0.1, -0.05) is 62.9 Å². The molecule has 0 radical (unpaired) electrons. The van der Waals surface area contributed by atoms with E-state index in [2.05, 4.69) is 39.8 Å². The van der Waals surface area contributed by atoms with Crippen molar-refractivity contribution in [1.29, 1.82) is 0 Å². The van der Waals surface area contributed by atoms with E-state index in [0.717, 1.165) is 18.8 Å². The van der Waals surface area contributed by atoms with Crippen LogP contribution in [0.15, 0.2) is 30.3 Å². The summed E-state index contributed by atoms with van der Waals surface area (Å²) in [7, 11) is 0. The van der Waals surface area contributed by atoms with Crippen LogP contribution < -0.4 is 0 Å². The van der Waals surface area contributed by atoms with Gasteiger partial charge in [-0.05, 0) is 30.7 Å². The van der Waals surface area contributed by atoms with Gasteiger partial charge in [0.05, 0.1) is 6.61 Å². The average molecular weight is 320 g/mol. The van der Waals surface area contributed by atoms with Crippen LogP contribution in [0.25, 0.3) is 0 Å². The highest BCUT2D eigenvalue weighted by molar-refractivity contribution is 5.71. The van der Waals surface area contributed by atoms with E-state index in [0.29, 0.717) is 6.61 Å². The lowest BCUT2D eigenvalue weighted by molar-refractivity contribution is -0.153. The summed E-state index contributed by atoms with van der Waals surface area (Å²) in [5.74, 6) is 0.366. The van der Waals surface area contributed by atoms with Gasteiger partial charge in [-0.15, -0.1) is 0 Å². The predicted octanol–water partition coefficient (Wildman–Crippen LogP) is 4.24. The summed E-state index contributed by atoms with van der Waals surface area (Å²) in [5, 5.41) is 0. The highest BCUT2D eigenvalue weighted by atomic mass is 16.6. The first kappa shape index (κ1) is 19.2. The van der Waals surface area contributed by atoms with Crippen molar-refractivity contribution in [1.82, 2.24) is 0 Å². The fraction of sp³-hybridized carbons (Fsp3) is 0.579. The van der Waals surface area contributed by atoms with Gasteiger partial charge < -0.3 is 9.47 Å². The topological polar surface area (TPSA) is 52.6 Å². The molecule has 0 aliphatic heterocycles. The second-order valence-electron chi connectivity index (χ2n) is 5.73. The number of ether oxygens (including phenoxy) is 2. The Morgan fingerprint density at radius 2 is 1.87 bits per heavy atom. The zero-order chi connectivity index (χ0) is 16.8. The van der Waals surface area contributed by atoms with Gasteiger partial charge in [-0.25, -0.2) is 4.79 Å². The van der Waals surface area contributed by atoms with Crippen molar-refractivity contribution in [2.24, 2.45) is 0 Å². The van der Waals surface area contributed by atoms with Crippen LogP contribution in [0.2, 0.25) is 0 Å². The van der Waals surface area contributed by atoms with Crippen molar-refractivity contribution in [2.45, 2.75) is 57.8 Å². The molecule has 1 saturated carbocycles. The molecular weight excluding hydrogens is 292 g/mol. The van der Waals surface area contributed by atoms with Crippen LogP contribution in [0.3, 0.4) is 0 Å². The Morgan fingerprint density at radius 1 is 1.17 bits per heavy atom. The van der Waals surface area contributed by atoms with Crippen molar-refractivity contribution in [3.05, 3.63) is 35.9 Å². The Hall–Kier alpha value is -1.84. The first-order valence-electron chi connectivity index (χ1n) is 8.53. The summed E-state index contributed by atoms with van der Waals surface area (Å²) in [5.41, 5.74) is 1.55. The first-order valence-corrected chi connectivity index (χ1v) is 8.53. The minimum atomic E-state index is -0.495. The maximum absolute atomic E-state index is 10.6. The van der Waals surface area contributed by atoms with Gasteiger partial charge in [0, 0.05) is 0 Å². The third kappa shape index (κ3) is 9.01. The molecule has 128 valence electrons. The molecule has 0 saturated heterocycles. The summed E-state index contributed by atoms with van der Waals surface area (Å²) in [6, 6.07) is 11.0. The molecule has 0 unspecified atom stereocenters. The van der Waals surface area contributed by atoms with Crippen molar-refractivity contribution in [3.8, 4) is 0 Å². The van der Waals surface area contributed by atoms with E-state index >= 15 is 0 Å². The van der Waals surface area contributed by atoms with Gasteiger partial charge in [0.25, 0.3) is 6.47 Å². The van der Waals surface area contributed by atoms with Crippen LogP contribution in [-0.2, 0) is 19.1 Å². The molecule has 1 aromatic rings. The Balaban J connectivity index is 0.000000232. The second-order valence-corrected chi connectivity index (χ2v) is 5.73. The third-order valence-corrected chi connectivity index (χ3v) is 3.91. The molecule has 0 atom stereocenters. The normalized spacial score (nSPS) is 14.3. The van der Waals surface area contributed by atoms with E-state index in [-0.39, 0.29) is 13.1 Å². The van der Waals surface area contributed by atoms with Crippen molar-refractivity contribution >= 4 is 12.4 Å². The molecule has 2 rings (SSSR count). The number of carbonyl (C=O) groups is 2. The number of carbonyl (C=O) groups excluding carboxylic acids is 2. The fourth-order valence-electron chi connectivity index (χ4n) is 2.64. The zero-order valence-electron chi connectivity index (χ0n) is 14.0. The maximum atomic E-state index is 10.6. The molecule has 0 aromatic heterocycles. The van der Waals surface area contributed by atoms with E-state index in [4.69, 9.17) is 0 Å². The molecule has 0 spiro atoms. The van der Waals surface area contributed by atoms with E-state index in [1.165, 1.54) is 32.1 Å². The molecule has 0 bridgehead atoms. The van der Waals surface area contributed by atoms with Gasteiger partial charge in [-0.3, -0.25) is 4.79 Å². The molecular formula is C19H28O4. The van der Waals surface area contributed by atoms with Gasteiger partial charge in [0.15, 0.2) is 6.61 Å². The molecule has 1 aliphatic rings. The summed E-state index contributed by atoms with van der Waals surface area (Å²) >= 11 is 0. The van der Waals surface area contributed by atoms with E-state index < -0.39 is 5.97 Å². The quantitative estimate of drug-likeness (QED) is 0.428. The fourth-order valence-corrected chi connectivity index (χ4v) is 2.64. The van der Waals surface area contributed by atoms with Crippen LogP contribution >= 0.6 is 0 Å². The summed E-state index contributed by atoms with van der Waals surface area (Å²) in [6.45, 7) is 2.33. The smallest absolute Gasteiger partial charge is 0.344 e. The minimum Gasteiger partial charge on any atom is -0.463 e. The van der Waals surface area contributed by atoms with Crippen LogP contribution in [0.4, 0.5) is 0 Å².